The minimum atomic E-state index is -0.942. The van der Waals surface area contributed by atoms with Crippen LogP contribution >= 0.6 is 0 Å². The zero-order chi connectivity index (χ0) is 12.7. The van der Waals surface area contributed by atoms with Gasteiger partial charge in [0, 0.05) is 6.54 Å². The van der Waals surface area contributed by atoms with E-state index in [4.69, 9.17) is 15.9 Å². The van der Waals surface area contributed by atoms with E-state index in [0.29, 0.717) is 6.42 Å². The summed E-state index contributed by atoms with van der Waals surface area (Å²) in [6, 6.07) is 8.81. The van der Waals surface area contributed by atoms with Crippen LogP contribution in [0.25, 0.3) is 0 Å². The van der Waals surface area contributed by atoms with Crippen LogP contribution in [0.15, 0.2) is 30.3 Å². The van der Waals surface area contributed by atoms with Crippen LogP contribution in [0.5, 0.6) is 0 Å². The van der Waals surface area contributed by atoms with Gasteiger partial charge in [-0.2, -0.15) is 0 Å². The summed E-state index contributed by atoms with van der Waals surface area (Å²) >= 11 is 0. The molecule has 1 unspecified atom stereocenters. The van der Waals surface area contributed by atoms with Gasteiger partial charge in [-0.05, 0) is 12.0 Å². The molecule has 0 saturated heterocycles. The third-order valence-electron chi connectivity index (χ3n) is 2.36. The van der Waals surface area contributed by atoms with Gasteiger partial charge in [0.25, 0.3) is 0 Å². The number of aliphatic hydroxyl groups excluding tert-OH is 2. The molecule has 0 aliphatic carbocycles. The highest BCUT2D eigenvalue weighted by Crippen LogP contribution is 2.01. The van der Waals surface area contributed by atoms with Gasteiger partial charge in [-0.3, -0.25) is 4.79 Å². The minimum absolute atomic E-state index is 0.0117. The number of rotatable bonds is 6. The van der Waals surface area contributed by atoms with E-state index in [2.05, 4.69) is 5.32 Å². The maximum Gasteiger partial charge on any atom is 0.237 e. The van der Waals surface area contributed by atoms with Gasteiger partial charge in [0.2, 0.25) is 5.91 Å². The van der Waals surface area contributed by atoms with Crippen LogP contribution < -0.4 is 11.1 Å². The number of nitrogens with one attached hydrogen (secondary N) is 1. The molecule has 94 valence electrons. The first-order valence-corrected chi connectivity index (χ1v) is 5.49. The zero-order valence-electron chi connectivity index (χ0n) is 9.54. The number of benzene rings is 1. The van der Waals surface area contributed by atoms with Gasteiger partial charge in [0.15, 0.2) is 0 Å². The normalized spacial score (nSPS) is 14.1. The van der Waals surface area contributed by atoms with Gasteiger partial charge in [-0.25, -0.2) is 0 Å². The predicted molar refractivity (Wildman–Crippen MR) is 64.2 cm³/mol. The lowest BCUT2D eigenvalue weighted by atomic mass is 10.1. The largest absolute Gasteiger partial charge is 0.394 e. The highest BCUT2D eigenvalue weighted by Gasteiger charge is 2.14. The molecule has 1 aromatic carbocycles. The van der Waals surface area contributed by atoms with Crippen LogP contribution in [-0.2, 0) is 11.2 Å². The van der Waals surface area contributed by atoms with Gasteiger partial charge in [0.05, 0.1) is 18.8 Å². The number of amides is 1. The molecule has 5 N–H and O–H groups in total. The fourth-order valence-electron chi connectivity index (χ4n) is 1.37. The topological polar surface area (TPSA) is 95.6 Å². The van der Waals surface area contributed by atoms with Crippen molar-refractivity contribution in [3.05, 3.63) is 35.9 Å². The van der Waals surface area contributed by atoms with Crippen LogP contribution in [0.3, 0.4) is 0 Å². The van der Waals surface area contributed by atoms with E-state index in [1.165, 1.54) is 0 Å². The molecule has 2 atom stereocenters. The Kier molecular flexibility index (Phi) is 5.62. The second-order valence-corrected chi connectivity index (χ2v) is 3.88. The molecule has 0 spiro atoms. The summed E-state index contributed by atoms with van der Waals surface area (Å²) in [5.74, 6) is -0.332. The van der Waals surface area contributed by atoms with Crippen molar-refractivity contribution in [2.45, 2.75) is 18.6 Å². The summed E-state index contributed by atoms with van der Waals surface area (Å²) in [5.41, 5.74) is 6.70. The Labute approximate surface area is 100 Å². The van der Waals surface area contributed by atoms with Crippen molar-refractivity contribution in [2.24, 2.45) is 5.73 Å². The van der Waals surface area contributed by atoms with E-state index >= 15 is 0 Å². The molecule has 0 aliphatic rings. The van der Waals surface area contributed by atoms with Gasteiger partial charge in [-0.1, -0.05) is 30.3 Å². The standard InChI is InChI=1S/C12H18N2O3/c13-11(6-9-4-2-1-3-5-9)12(17)14-7-10(16)8-15/h1-5,10-11,15-16H,6-8,13H2,(H,14,17)/t10?,11-/m1/s1. The van der Waals surface area contributed by atoms with Crippen molar-refractivity contribution in [2.75, 3.05) is 13.2 Å². The molecule has 0 radical (unpaired) electrons. The molecule has 1 amide bonds. The summed E-state index contributed by atoms with van der Waals surface area (Å²) < 4.78 is 0. The van der Waals surface area contributed by atoms with Gasteiger partial charge in [-0.15, -0.1) is 0 Å². The fourth-order valence-corrected chi connectivity index (χ4v) is 1.37. The van der Waals surface area contributed by atoms with Crippen molar-refractivity contribution in [3.63, 3.8) is 0 Å². The Balaban J connectivity index is 2.37. The Morgan fingerprint density at radius 2 is 2.00 bits per heavy atom. The summed E-state index contributed by atoms with van der Waals surface area (Å²) in [4.78, 5) is 11.5. The molecule has 17 heavy (non-hydrogen) atoms. The fraction of sp³-hybridized carbons (Fsp3) is 0.417. The van der Waals surface area contributed by atoms with Gasteiger partial charge in [0.1, 0.15) is 0 Å². The molecule has 0 saturated carbocycles. The molecule has 1 rings (SSSR count). The molecule has 0 fully saturated rings. The van der Waals surface area contributed by atoms with Crippen LogP contribution in [0.4, 0.5) is 0 Å². The van der Waals surface area contributed by atoms with Crippen molar-refractivity contribution in [3.8, 4) is 0 Å². The summed E-state index contributed by atoms with van der Waals surface area (Å²) in [6.07, 6.45) is -0.495. The molecule has 0 bridgehead atoms. The number of hydrogen-bond donors (Lipinski definition) is 4. The second kappa shape index (κ2) is 7.01. The smallest absolute Gasteiger partial charge is 0.237 e. The maximum absolute atomic E-state index is 11.5. The molecule has 0 heterocycles. The first kappa shape index (κ1) is 13.6. The molecule has 5 heteroatoms. The Morgan fingerprint density at radius 1 is 1.35 bits per heavy atom. The summed E-state index contributed by atoms with van der Waals surface area (Å²) in [6.45, 7) is -0.369. The number of nitrogens with two attached hydrogens (primary N) is 1. The third kappa shape index (κ3) is 4.95. The quantitative estimate of drug-likeness (QED) is 0.512. The van der Waals surface area contributed by atoms with E-state index in [1.54, 1.807) is 0 Å². The Bertz CT molecular complexity index is 343. The van der Waals surface area contributed by atoms with Gasteiger partial charge >= 0.3 is 0 Å². The number of carbonyl (C=O) groups excluding carboxylic acids is 1. The maximum atomic E-state index is 11.5. The van der Waals surface area contributed by atoms with Crippen LogP contribution in [-0.4, -0.2) is 41.4 Å². The predicted octanol–water partition coefficient (Wildman–Crippen LogP) is -0.974. The zero-order valence-corrected chi connectivity index (χ0v) is 9.54. The van der Waals surface area contributed by atoms with E-state index in [1.807, 2.05) is 30.3 Å². The van der Waals surface area contributed by atoms with E-state index < -0.39 is 12.1 Å². The average molecular weight is 238 g/mol. The van der Waals surface area contributed by atoms with Crippen molar-refractivity contribution in [1.29, 1.82) is 0 Å². The molecule has 5 nitrogen and oxygen atoms in total. The summed E-state index contributed by atoms with van der Waals surface area (Å²) in [7, 11) is 0. The van der Waals surface area contributed by atoms with Crippen molar-refractivity contribution in [1.82, 2.24) is 5.32 Å². The van der Waals surface area contributed by atoms with E-state index in [0.717, 1.165) is 5.56 Å². The van der Waals surface area contributed by atoms with Crippen molar-refractivity contribution >= 4 is 5.91 Å². The molecular formula is C12H18N2O3. The monoisotopic (exact) mass is 238 g/mol. The number of carbonyl (C=O) groups is 1. The molecule has 0 aliphatic heterocycles. The minimum Gasteiger partial charge on any atom is -0.394 e. The number of hydrogen-bond acceptors (Lipinski definition) is 4. The van der Waals surface area contributed by atoms with E-state index in [-0.39, 0.29) is 19.1 Å². The van der Waals surface area contributed by atoms with Gasteiger partial charge < -0.3 is 21.3 Å². The number of aliphatic hydroxyl groups is 2. The third-order valence-corrected chi connectivity index (χ3v) is 2.36. The highest BCUT2D eigenvalue weighted by atomic mass is 16.3. The first-order chi connectivity index (χ1) is 8.13. The summed E-state index contributed by atoms with van der Waals surface area (Å²) in [5, 5.41) is 20.1. The van der Waals surface area contributed by atoms with Crippen LogP contribution in [0.2, 0.25) is 0 Å². The SMILES string of the molecule is N[C@H](Cc1ccccc1)C(=O)NCC(O)CO. The van der Waals surface area contributed by atoms with Crippen molar-refractivity contribution < 1.29 is 15.0 Å². The molecular weight excluding hydrogens is 220 g/mol. The first-order valence-electron chi connectivity index (χ1n) is 5.49. The average Bonchev–Trinajstić information content (AvgIpc) is 2.36. The van der Waals surface area contributed by atoms with Crippen LogP contribution in [0.1, 0.15) is 5.56 Å². The van der Waals surface area contributed by atoms with E-state index in [9.17, 15) is 4.79 Å². The molecule has 0 aromatic heterocycles. The Morgan fingerprint density at radius 3 is 2.59 bits per heavy atom. The highest BCUT2D eigenvalue weighted by molar-refractivity contribution is 5.81. The molecule has 1 aromatic rings. The van der Waals surface area contributed by atoms with Crippen LogP contribution in [0, 0.1) is 0 Å². The lowest BCUT2D eigenvalue weighted by molar-refractivity contribution is -0.122. The lowest BCUT2D eigenvalue weighted by Gasteiger charge is -2.14. The lowest BCUT2D eigenvalue weighted by Crippen LogP contribution is -2.45. The Hall–Kier alpha value is -1.43. The second-order valence-electron chi connectivity index (χ2n) is 3.88.